The fraction of sp³-hybridized carbons (Fsp3) is 0.364. The van der Waals surface area contributed by atoms with Crippen LogP contribution >= 0.6 is 0 Å². The number of fused-ring (bicyclic) bond motifs is 1. The van der Waals surface area contributed by atoms with E-state index >= 15 is 0 Å². The molecule has 0 atom stereocenters. The molecular weight excluding hydrogens is 176 g/mol. The Labute approximate surface area is 83.4 Å². The third-order valence-corrected chi connectivity index (χ3v) is 2.46. The highest BCUT2D eigenvalue weighted by Gasteiger charge is 2.10. The van der Waals surface area contributed by atoms with E-state index in [0.717, 1.165) is 12.2 Å². The molecule has 0 saturated carbocycles. The van der Waals surface area contributed by atoms with Gasteiger partial charge in [0, 0.05) is 0 Å². The van der Waals surface area contributed by atoms with Crippen molar-refractivity contribution in [3.63, 3.8) is 0 Å². The Kier molecular flexibility index (Phi) is 2.39. The first-order chi connectivity index (χ1) is 6.75. The van der Waals surface area contributed by atoms with E-state index in [4.69, 9.17) is 15.9 Å². The smallest absolute Gasteiger partial charge is 0.145 e. The molecule has 1 aliphatic rings. The maximum atomic E-state index is 7.05. The van der Waals surface area contributed by atoms with Gasteiger partial charge in [-0.1, -0.05) is 6.07 Å². The minimum atomic E-state index is 0.0606. The molecular formula is C11H14N2O. The van der Waals surface area contributed by atoms with Gasteiger partial charge in [-0.2, -0.15) is 0 Å². The Morgan fingerprint density at radius 2 is 2.14 bits per heavy atom. The average molecular weight is 190 g/mol. The Balaban J connectivity index is 2.09. The van der Waals surface area contributed by atoms with Crippen LogP contribution in [0.3, 0.4) is 0 Å². The summed E-state index contributed by atoms with van der Waals surface area (Å²) in [6.07, 6.45) is 3.57. The summed E-state index contributed by atoms with van der Waals surface area (Å²) in [4.78, 5) is 0. The molecule has 0 aliphatic heterocycles. The molecule has 0 fully saturated rings. The zero-order valence-corrected chi connectivity index (χ0v) is 8.05. The second-order valence-electron chi connectivity index (χ2n) is 3.60. The molecule has 1 aromatic rings. The summed E-state index contributed by atoms with van der Waals surface area (Å²) in [5.41, 5.74) is 8.02. The zero-order valence-electron chi connectivity index (χ0n) is 8.05. The maximum absolute atomic E-state index is 7.05. The lowest BCUT2D eigenvalue weighted by Gasteiger charge is -2.06. The molecule has 0 aromatic heterocycles. The quantitative estimate of drug-likeness (QED) is 0.560. The van der Waals surface area contributed by atoms with Gasteiger partial charge < -0.3 is 10.5 Å². The average Bonchev–Trinajstić information content (AvgIpc) is 2.61. The Morgan fingerprint density at radius 1 is 1.36 bits per heavy atom. The van der Waals surface area contributed by atoms with Gasteiger partial charge in [0.25, 0.3) is 0 Å². The minimum Gasteiger partial charge on any atom is -0.486 e. The van der Waals surface area contributed by atoms with Crippen LogP contribution < -0.4 is 10.5 Å². The Bertz CT molecular complexity index is 360. The number of nitrogens with one attached hydrogen (secondary N) is 1. The zero-order chi connectivity index (χ0) is 9.97. The van der Waals surface area contributed by atoms with Crippen LogP contribution in [0, 0.1) is 5.41 Å². The van der Waals surface area contributed by atoms with Gasteiger partial charge in [-0.25, -0.2) is 0 Å². The third kappa shape index (κ3) is 1.87. The Hall–Kier alpha value is -1.51. The predicted octanol–water partition coefficient (Wildman–Crippen LogP) is 1.49. The molecule has 3 N–H and O–H groups in total. The van der Waals surface area contributed by atoms with E-state index in [1.807, 2.05) is 6.07 Å². The first kappa shape index (κ1) is 9.06. The van der Waals surface area contributed by atoms with Crippen molar-refractivity contribution in [3.05, 3.63) is 29.3 Å². The van der Waals surface area contributed by atoms with Crippen LogP contribution in [0.4, 0.5) is 0 Å². The van der Waals surface area contributed by atoms with Crippen LogP contribution in [0.5, 0.6) is 5.75 Å². The number of amidine groups is 1. The molecule has 0 amide bonds. The van der Waals surface area contributed by atoms with Gasteiger partial charge in [0.1, 0.15) is 18.2 Å². The van der Waals surface area contributed by atoms with Crippen molar-refractivity contribution in [2.24, 2.45) is 5.73 Å². The third-order valence-electron chi connectivity index (χ3n) is 2.46. The molecule has 74 valence electrons. The van der Waals surface area contributed by atoms with Crippen LogP contribution in [-0.2, 0) is 12.8 Å². The fourth-order valence-electron chi connectivity index (χ4n) is 1.80. The molecule has 2 rings (SSSR count). The molecule has 3 nitrogen and oxygen atoms in total. The van der Waals surface area contributed by atoms with Crippen molar-refractivity contribution in [1.82, 2.24) is 0 Å². The molecule has 0 radical (unpaired) electrons. The van der Waals surface area contributed by atoms with E-state index in [0.29, 0.717) is 0 Å². The van der Waals surface area contributed by atoms with Crippen molar-refractivity contribution in [2.75, 3.05) is 6.61 Å². The van der Waals surface area contributed by atoms with Crippen molar-refractivity contribution in [1.29, 1.82) is 5.41 Å². The van der Waals surface area contributed by atoms with E-state index in [9.17, 15) is 0 Å². The SMILES string of the molecule is N=C(N)COc1ccc2c(c1)CCC2. The molecule has 0 heterocycles. The van der Waals surface area contributed by atoms with Crippen LogP contribution in [0.15, 0.2) is 18.2 Å². The highest BCUT2D eigenvalue weighted by atomic mass is 16.5. The van der Waals surface area contributed by atoms with E-state index in [1.165, 1.54) is 24.0 Å². The van der Waals surface area contributed by atoms with Gasteiger partial charge in [-0.15, -0.1) is 0 Å². The monoisotopic (exact) mass is 190 g/mol. The number of hydrogen-bond acceptors (Lipinski definition) is 2. The maximum Gasteiger partial charge on any atom is 0.145 e. The molecule has 1 aromatic carbocycles. The lowest BCUT2D eigenvalue weighted by Crippen LogP contribution is -2.19. The van der Waals surface area contributed by atoms with Gasteiger partial charge in [-0.05, 0) is 42.5 Å². The predicted molar refractivity (Wildman–Crippen MR) is 55.9 cm³/mol. The van der Waals surface area contributed by atoms with Crippen molar-refractivity contribution < 1.29 is 4.74 Å². The number of aryl methyl sites for hydroxylation is 2. The van der Waals surface area contributed by atoms with Crippen LogP contribution in [0.2, 0.25) is 0 Å². The van der Waals surface area contributed by atoms with Gasteiger partial charge in [-0.3, -0.25) is 5.41 Å². The second kappa shape index (κ2) is 3.70. The summed E-state index contributed by atoms with van der Waals surface area (Å²) in [7, 11) is 0. The summed E-state index contributed by atoms with van der Waals surface area (Å²) < 4.78 is 5.34. The summed E-state index contributed by atoms with van der Waals surface area (Å²) in [5.74, 6) is 0.881. The molecule has 0 bridgehead atoms. The van der Waals surface area contributed by atoms with Gasteiger partial charge >= 0.3 is 0 Å². The second-order valence-corrected chi connectivity index (χ2v) is 3.60. The van der Waals surface area contributed by atoms with Crippen LogP contribution in [-0.4, -0.2) is 12.4 Å². The number of hydrogen-bond donors (Lipinski definition) is 2. The van der Waals surface area contributed by atoms with E-state index in [-0.39, 0.29) is 12.4 Å². The number of nitrogens with two attached hydrogens (primary N) is 1. The largest absolute Gasteiger partial charge is 0.486 e. The molecule has 0 saturated heterocycles. The minimum absolute atomic E-state index is 0.0606. The summed E-state index contributed by atoms with van der Waals surface area (Å²) >= 11 is 0. The molecule has 14 heavy (non-hydrogen) atoms. The highest BCUT2D eigenvalue weighted by molar-refractivity contribution is 5.78. The van der Waals surface area contributed by atoms with Crippen LogP contribution in [0.1, 0.15) is 17.5 Å². The Morgan fingerprint density at radius 3 is 2.93 bits per heavy atom. The normalized spacial score (nSPS) is 13.7. The van der Waals surface area contributed by atoms with E-state index < -0.39 is 0 Å². The lowest BCUT2D eigenvalue weighted by molar-refractivity contribution is 0.374. The fourth-order valence-corrected chi connectivity index (χ4v) is 1.80. The number of rotatable bonds is 3. The highest BCUT2D eigenvalue weighted by Crippen LogP contribution is 2.25. The lowest BCUT2D eigenvalue weighted by atomic mass is 10.1. The van der Waals surface area contributed by atoms with E-state index in [1.54, 1.807) is 0 Å². The van der Waals surface area contributed by atoms with Gasteiger partial charge in [0.15, 0.2) is 0 Å². The first-order valence-electron chi connectivity index (χ1n) is 4.83. The van der Waals surface area contributed by atoms with Crippen LogP contribution in [0.25, 0.3) is 0 Å². The number of benzene rings is 1. The first-order valence-corrected chi connectivity index (χ1v) is 4.83. The van der Waals surface area contributed by atoms with Gasteiger partial charge in [0.05, 0.1) is 0 Å². The van der Waals surface area contributed by atoms with Crippen molar-refractivity contribution >= 4 is 5.84 Å². The van der Waals surface area contributed by atoms with Crippen molar-refractivity contribution in [3.8, 4) is 5.75 Å². The molecule has 0 spiro atoms. The summed E-state index contributed by atoms with van der Waals surface area (Å²) in [5, 5.41) is 7.05. The topological polar surface area (TPSA) is 59.1 Å². The van der Waals surface area contributed by atoms with Gasteiger partial charge in [0.2, 0.25) is 0 Å². The van der Waals surface area contributed by atoms with E-state index in [2.05, 4.69) is 12.1 Å². The molecule has 0 unspecified atom stereocenters. The molecule has 1 aliphatic carbocycles. The summed E-state index contributed by atoms with van der Waals surface area (Å²) in [6.45, 7) is 0.179. The standard InChI is InChI=1S/C11H14N2O/c12-11(13)7-14-10-5-4-8-2-1-3-9(8)6-10/h4-6H,1-3,7H2,(H3,12,13). The summed E-state index contributed by atoms with van der Waals surface area (Å²) in [6, 6.07) is 6.12. The number of ether oxygens (including phenoxy) is 1. The van der Waals surface area contributed by atoms with Crippen molar-refractivity contribution in [2.45, 2.75) is 19.3 Å². The molecule has 3 heteroatoms.